The smallest absolute Gasteiger partial charge is 0.305 e. The summed E-state index contributed by atoms with van der Waals surface area (Å²) in [6.45, 7) is 7.25. The summed E-state index contributed by atoms with van der Waals surface area (Å²) < 4.78 is 13.4. The molecule has 0 heterocycles. The Hall–Kier alpha value is -1.91. The summed E-state index contributed by atoms with van der Waals surface area (Å²) in [6, 6.07) is 4.12. The summed E-state index contributed by atoms with van der Waals surface area (Å²) in [5.74, 6) is -1.80. The normalized spacial score (nSPS) is 11.2. The quantitative estimate of drug-likeness (QED) is 0.923. The molecule has 1 N–H and O–H groups in total. The topological polar surface area (TPSA) is 57.6 Å². The van der Waals surface area contributed by atoms with Crippen LogP contribution in [0.4, 0.5) is 4.39 Å². The van der Waals surface area contributed by atoms with E-state index in [9.17, 15) is 14.0 Å². The van der Waals surface area contributed by atoms with E-state index in [-0.39, 0.29) is 24.4 Å². The van der Waals surface area contributed by atoms with Crippen LogP contribution < -0.4 is 0 Å². The second-order valence-corrected chi connectivity index (χ2v) is 5.79. The highest BCUT2D eigenvalue weighted by Crippen LogP contribution is 2.19. The molecule has 0 aliphatic heterocycles. The van der Waals surface area contributed by atoms with E-state index in [1.165, 1.54) is 17.0 Å². The predicted octanol–water partition coefficient (Wildman–Crippen LogP) is 2.85. The number of benzene rings is 1. The lowest BCUT2D eigenvalue weighted by molar-refractivity contribution is -0.137. The first-order valence-electron chi connectivity index (χ1n) is 6.42. The Labute approximate surface area is 118 Å². The monoisotopic (exact) mass is 281 g/mol. The number of hydrogen-bond donors (Lipinski definition) is 1. The van der Waals surface area contributed by atoms with Crippen molar-refractivity contribution in [3.05, 3.63) is 35.1 Å². The van der Waals surface area contributed by atoms with Gasteiger partial charge in [-0.25, -0.2) is 4.39 Å². The number of hydrogen-bond acceptors (Lipinski definition) is 2. The van der Waals surface area contributed by atoms with Crippen LogP contribution in [-0.2, 0) is 4.79 Å². The largest absolute Gasteiger partial charge is 0.481 e. The van der Waals surface area contributed by atoms with Gasteiger partial charge in [-0.3, -0.25) is 9.59 Å². The zero-order valence-corrected chi connectivity index (χ0v) is 12.2. The highest BCUT2D eigenvalue weighted by molar-refractivity contribution is 5.95. The van der Waals surface area contributed by atoms with Crippen LogP contribution in [0.25, 0.3) is 0 Å². The van der Waals surface area contributed by atoms with E-state index in [4.69, 9.17) is 5.11 Å². The highest BCUT2D eigenvalue weighted by atomic mass is 19.1. The maximum Gasteiger partial charge on any atom is 0.305 e. The third-order valence-electron chi connectivity index (χ3n) is 2.89. The third-order valence-corrected chi connectivity index (χ3v) is 2.89. The molecular formula is C15H20FNO3. The zero-order chi connectivity index (χ0) is 15.5. The first-order valence-corrected chi connectivity index (χ1v) is 6.42. The minimum absolute atomic E-state index is 0.0905. The molecule has 1 aromatic carbocycles. The Balaban J connectivity index is 3.06. The Bertz CT molecular complexity index is 500. The Morgan fingerprint density at radius 3 is 2.30 bits per heavy atom. The van der Waals surface area contributed by atoms with E-state index >= 15 is 0 Å². The lowest BCUT2D eigenvalue weighted by Gasteiger charge is -2.35. The molecule has 1 aromatic rings. The van der Waals surface area contributed by atoms with Gasteiger partial charge in [0.25, 0.3) is 5.91 Å². The SMILES string of the molecule is Cc1cc(F)cc(C(=O)N(CCC(=O)O)C(C)(C)C)c1. The van der Waals surface area contributed by atoms with Crippen LogP contribution in [0.5, 0.6) is 0 Å². The van der Waals surface area contributed by atoms with Crippen molar-refractivity contribution in [2.24, 2.45) is 0 Å². The number of aryl methyl sites for hydroxylation is 1. The number of carbonyl (C=O) groups is 2. The molecule has 0 aliphatic carbocycles. The molecule has 0 unspecified atom stereocenters. The van der Waals surface area contributed by atoms with E-state index in [0.717, 1.165) is 0 Å². The minimum Gasteiger partial charge on any atom is -0.481 e. The van der Waals surface area contributed by atoms with Gasteiger partial charge in [0.15, 0.2) is 0 Å². The summed E-state index contributed by atoms with van der Waals surface area (Å²) in [6.07, 6.45) is -0.142. The van der Waals surface area contributed by atoms with Gasteiger partial charge >= 0.3 is 5.97 Å². The number of amides is 1. The summed E-state index contributed by atoms with van der Waals surface area (Å²) in [5, 5.41) is 8.77. The van der Waals surface area contributed by atoms with Crippen LogP contribution >= 0.6 is 0 Å². The molecule has 0 aliphatic rings. The van der Waals surface area contributed by atoms with Crippen molar-refractivity contribution in [1.82, 2.24) is 4.90 Å². The molecule has 1 amide bonds. The number of nitrogens with zero attached hydrogens (tertiary/aromatic N) is 1. The third kappa shape index (κ3) is 4.33. The zero-order valence-electron chi connectivity index (χ0n) is 12.2. The molecule has 0 aromatic heterocycles. The Morgan fingerprint density at radius 1 is 1.25 bits per heavy atom. The van der Waals surface area contributed by atoms with Crippen molar-refractivity contribution in [1.29, 1.82) is 0 Å². The summed E-state index contributed by atoms with van der Waals surface area (Å²) >= 11 is 0. The van der Waals surface area contributed by atoms with Gasteiger partial charge in [0.05, 0.1) is 6.42 Å². The molecule has 0 atom stereocenters. The molecule has 5 heteroatoms. The van der Waals surface area contributed by atoms with Crippen LogP contribution in [0, 0.1) is 12.7 Å². The maximum absolute atomic E-state index is 13.4. The van der Waals surface area contributed by atoms with Gasteiger partial charge in [-0.1, -0.05) is 0 Å². The van der Waals surface area contributed by atoms with Crippen molar-refractivity contribution in [2.75, 3.05) is 6.54 Å². The summed E-state index contributed by atoms with van der Waals surface area (Å²) in [7, 11) is 0. The second kappa shape index (κ2) is 6.03. The summed E-state index contributed by atoms with van der Waals surface area (Å²) in [5.41, 5.74) is 0.357. The van der Waals surface area contributed by atoms with Crippen LogP contribution in [0.1, 0.15) is 43.1 Å². The minimum atomic E-state index is -0.970. The molecule has 110 valence electrons. The van der Waals surface area contributed by atoms with E-state index < -0.39 is 17.3 Å². The first-order chi connectivity index (χ1) is 9.11. The van der Waals surface area contributed by atoms with Gasteiger partial charge in [0.1, 0.15) is 5.82 Å². The van der Waals surface area contributed by atoms with E-state index in [2.05, 4.69) is 0 Å². The fourth-order valence-electron chi connectivity index (χ4n) is 1.96. The average Bonchev–Trinajstić information content (AvgIpc) is 2.25. The standard InChI is InChI=1S/C15H20FNO3/c1-10-7-11(9-12(16)8-10)14(20)17(15(2,3)4)6-5-13(18)19/h7-9H,5-6H2,1-4H3,(H,18,19). The van der Waals surface area contributed by atoms with Gasteiger partial charge in [-0.2, -0.15) is 0 Å². The highest BCUT2D eigenvalue weighted by Gasteiger charge is 2.28. The van der Waals surface area contributed by atoms with Crippen molar-refractivity contribution >= 4 is 11.9 Å². The Morgan fingerprint density at radius 2 is 1.85 bits per heavy atom. The molecular weight excluding hydrogens is 261 g/mol. The summed E-state index contributed by atoms with van der Waals surface area (Å²) in [4.78, 5) is 24.6. The van der Waals surface area contributed by atoms with Crippen molar-refractivity contribution in [2.45, 2.75) is 39.7 Å². The lowest BCUT2D eigenvalue weighted by Crippen LogP contribution is -2.46. The molecule has 0 radical (unpaired) electrons. The van der Waals surface area contributed by atoms with Crippen molar-refractivity contribution in [3.63, 3.8) is 0 Å². The molecule has 4 nitrogen and oxygen atoms in total. The van der Waals surface area contributed by atoms with Crippen molar-refractivity contribution < 1.29 is 19.1 Å². The van der Waals surface area contributed by atoms with Crippen LogP contribution in [-0.4, -0.2) is 34.0 Å². The lowest BCUT2D eigenvalue weighted by atomic mass is 10.0. The van der Waals surface area contributed by atoms with E-state index in [0.29, 0.717) is 5.56 Å². The first kappa shape index (κ1) is 16.1. The van der Waals surface area contributed by atoms with E-state index in [1.54, 1.807) is 13.0 Å². The number of carboxylic acid groups (broad SMARTS) is 1. The average molecular weight is 281 g/mol. The fraction of sp³-hybridized carbons (Fsp3) is 0.467. The van der Waals surface area contributed by atoms with E-state index in [1.807, 2.05) is 20.8 Å². The van der Waals surface area contributed by atoms with Gasteiger partial charge in [-0.05, 0) is 51.5 Å². The number of halogens is 1. The Kier molecular flexibility index (Phi) is 4.87. The van der Waals surface area contributed by atoms with Gasteiger partial charge in [-0.15, -0.1) is 0 Å². The molecule has 0 saturated heterocycles. The number of aliphatic carboxylic acids is 1. The molecule has 1 rings (SSSR count). The molecule has 0 spiro atoms. The van der Waals surface area contributed by atoms with Crippen LogP contribution in [0.3, 0.4) is 0 Å². The van der Waals surface area contributed by atoms with Gasteiger partial charge in [0.2, 0.25) is 0 Å². The van der Waals surface area contributed by atoms with Gasteiger partial charge in [0, 0.05) is 17.6 Å². The molecule has 20 heavy (non-hydrogen) atoms. The molecule has 0 saturated carbocycles. The number of carboxylic acids is 1. The van der Waals surface area contributed by atoms with Crippen LogP contribution in [0.2, 0.25) is 0 Å². The van der Waals surface area contributed by atoms with Crippen molar-refractivity contribution in [3.8, 4) is 0 Å². The molecule has 0 fully saturated rings. The second-order valence-electron chi connectivity index (χ2n) is 5.79. The maximum atomic E-state index is 13.4. The fourth-order valence-corrected chi connectivity index (χ4v) is 1.96. The number of rotatable bonds is 4. The van der Waals surface area contributed by atoms with Crippen LogP contribution in [0.15, 0.2) is 18.2 Å². The van der Waals surface area contributed by atoms with Gasteiger partial charge < -0.3 is 10.0 Å². The number of carbonyl (C=O) groups excluding carboxylic acids is 1. The molecule has 0 bridgehead atoms. The predicted molar refractivity (Wildman–Crippen MR) is 74.2 cm³/mol.